The van der Waals surface area contributed by atoms with E-state index in [4.69, 9.17) is 4.74 Å². The molecule has 0 aliphatic carbocycles. The largest absolute Gasteiger partial charge is 0.375 e. The van der Waals surface area contributed by atoms with Gasteiger partial charge in [-0.25, -0.2) is 0 Å². The van der Waals surface area contributed by atoms with Crippen molar-refractivity contribution in [1.29, 1.82) is 0 Å². The number of rotatable bonds is 5. The average molecular weight is 426 g/mol. The summed E-state index contributed by atoms with van der Waals surface area (Å²) in [6.45, 7) is 0.237. The zero-order valence-electron chi connectivity index (χ0n) is 16.8. The van der Waals surface area contributed by atoms with E-state index >= 15 is 0 Å². The number of ether oxygens (including phenoxy) is 1. The van der Waals surface area contributed by atoms with Crippen molar-refractivity contribution in [1.82, 2.24) is 10.2 Å². The fraction of sp³-hybridized carbons (Fsp3) is 0.318. The summed E-state index contributed by atoms with van der Waals surface area (Å²) >= 11 is 1.67. The van der Waals surface area contributed by atoms with Crippen LogP contribution in [0.15, 0.2) is 47.4 Å². The summed E-state index contributed by atoms with van der Waals surface area (Å²) < 4.78 is 4.84. The van der Waals surface area contributed by atoms with Crippen LogP contribution in [0.2, 0.25) is 0 Å². The van der Waals surface area contributed by atoms with Crippen LogP contribution < -0.4 is 10.6 Å². The number of fused-ring (bicyclic) bond motifs is 2. The Hall–Kier alpha value is -2.84. The second-order valence-electron chi connectivity index (χ2n) is 7.38. The Morgan fingerprint density at radius 3 is 2.63 bits per heavy atom. The minimum atomic E-state index is -0.609. The van der Waals surface area contributed by atoms with Crippen LogP contribution in [-0.4, -0.2) is 61.2 Å². The molecule has 2 aliphatic rings. The number of carbonyl (C=O) groups excluding carboxylic acids is 3. The number of anilines is 1. The van der Waals surface area contributed by atoms with Crippen LogP contribution in [0.1, 0.15) is 16.8 Å². The van der Waals surface area contributed by atoms with Crippen molar-refractivity contribution in [3.63, 3.8) is 0 Å². The van der Waals surface area contributed by atoms with Gasteiger partial charge in [-0.1, -0.05) is 18.2 Å². The highest BCUT2D eigenvalue weighted by atomic mass is 32.2. The first-order chi connectivity index (χ1) is 14.5. The molecule has 30 heavy (non-hydrogen) atoms. The van der Waals surface area contributed by atoms with E-state index in [1.807, 2.05) is 42.7 Å². The zero-order valence-corrected chi connectivity index (χ0v) is 17.6. The topological polar surface area (TPSA) is 87.7 Å². The summed E-state index contributed by atoms with van der Waals surface area (Å²) in [4.78, 5) is 40.6. The molecule has 2 N–H and O–H groups in total. The first-order valence-corrected chi connectivity index (χ1v) is 10.9. The van der Waals surface area contributed by atoms with Gasteiger partial charge in [-0.2, -0.15) is 0 Å². The standard InChI is InChI=1S/C22H23N3O4S/c1-29-12-20(26)23-15-10-19-21(27)24-18-8-5-14(9-17(18)22(28)25(19)11-15)13-3-6-16(30-2)7-4-13/h3-9,15,19H,10-12H2,1-2H3,(H,23,26)(H,24,27)/t15-,19-/m0/s1. The zero-order chi connectivity index (χ0) is 21.3. The minimum absolute atomic E-state index is 0.0527. The van der Waals surface area contributed by atoms with Gasteiger partial charge in [-0.3, -0.25) is 14.4 Å². The van der Waals surface area contributed by atoms with Crippen LogP contribution in [-0.2, 0) is 14.3 Å². The number of nitrogens with one attached hydrogen (secondary N) is 2. The maximum atomic E-state index is 13.3. The SMILES string of the molecule is COCC(=O)N[C@H]1C[C@H]2C(=O)Nc3ccc(-c4ccc(SC)cc4)cc3C(=O)N2C1. The predicted octanol–water partition coefficient (Wildman–Crippen LogP) is 2.37. The number of carbonyl (C=O) groups is 3. The van der Waals surface area contributed by atoms with Gasteiger partial charge in [0.05, 0.1) is 11.3 Å². The number of amides is 3. The number of thioether (sulfide) groups is 1. The van der Waals surface area contributed by atoms with Crippen LogP contribution in [0.5, 0.6) is 0 Å². The molecule has 2 heterocycles. The van der Waals surface area contributed by atoms with Crippen LogP contribution in [0.25, 0.3) is 11.1 Å². The average Bonchev–Trinajstić information content (AvgIpc) is 3.14. The van der Waals surface area contributed by atoms with Crippen LogP contribution in [0.3, 0.4) is 0 Å². The lowest BCUT2D eigenvalue weighted by Crippen LogP contribution is -2.41. The van der Waals surface area contributed by atoms with Gasteiger partial charge in [0, 0.05) is 24.6 Å². The normalized spacial score (nSPS) is 20.3. The molecular formula is C22H23N3O4S. The Morgan fingerprint density at radius 1 is 1.20 bits per heavy atom. The summed E-state index contributed by atoms with van der Waals surface area (Å²) in [6.07, 6.45) is 2.40. The van der Waals surface area contributed by atoms with Crippen molar-refractivity contribution in [3.05, 3.63) is 48.0 Å². The lowest BCUT2D eigenvalue weighted by atomic mass is 10.0. The van der Waals surface area contributed by atoms with Crippen molar-refractivity contribution in [2.24, 2.45) is 0 Å². The summed E-state index contributed by atoms with van der Waals surface area (Å²) in [5.74, 6) is -0.702. The molecule has 0 spiro atoms. The molecule has 1 fully saturated rings. The van der Waals surface area contributed by atoms with Gasteiger partial charge in [0.2, 0.25) is 11.8 Å². The van der Waals surface area contributed by atoms with E-state index in [1.54, 1.807) is 22.7 Å². The Labute approximate surface area is 179 Å². The second kappa shape index (κ2) is 8.49. The van der Waals surface area contributed by atoms with Gasteiger partial charge >= 0.3 is 0 Å². The van der Waals surface area contributed by atoms with Gasteiger partial charge in [-0.05, 0) is 48.1 Å². The summed E-state index contributed by atoms with van der Waals surface area (Å²) in [7, 11) is 1.45. The van der Waals surface area contributed by atoms with E-state index in [-0.39, 0.29) is 30.4 Å². The van der Waals surface area contributed by atoms with Gasteiger partial charge in [0.1, 0.15) is 12.6 Å². The third-order valence-corrected chi connectivity index (χ3v) is 6.18. The monoisotopic (exact) mass is 425 g/mol. The summed E-state index contributed by atoms with van der Waals surface area (Å²) in [5, 5.41) is 5.71. The van der Waals surface area contributed by atoms with Crippen molar-refractivity contribution >= 4 is 35.2 Å². The number of hydrogen-bond donors (Lipinski definition) is 2. The van der Waals surface area contributed by atoms with E-state index in [2.05, 4.69) is 10.6 Å². The number of nitrogens with zero attached hydrogens (tertiary/aromatic N) is 1. The molecule has 2 aliphatic heterocycles. The van der Waals surface area contributed by atoms with Crippen molar-refractivity contribution in [2.45, 2.75) is 23.4 Å². The molecule has 2 aromatic rings. The van der Waals surface area contributed by atoms with Crippen molar-refractivity contribution in [3.8, 4) is 11.1 Å². The molecule has 0 radical (unpaired) electrons. The Bertz CT molecular complexity index is 992. The molecule has 4 rings (SSSR count). The minimum Gasteiger partial charge on any atom is -0.375 e. The molecule has 8 heteroatoms. The molecular weight excluding hydrogens is 402 g/mol. The maximum absolute atomic E-state index is 13.3. The van der Waals surface area contributed by atoms with Crippen LogP contribution in [0.4, 0.5) is 5.69 Å². The number of hydrogen-bond acceptors (Lipinski definition) is 5. The van der Waals surface area contributed by atoms with E-state index in [0.717, 1.165) is 11.1 Å². The molecule has 1 saturated heterocycles. The van der Waals surface area contributed by atoms with Gasteiger partial charge in [0.25, 0.3) is 5.91 Å². The molecule has 156 valence electrons. The molecule has 0 aromatic heterocycles. The van der Waals surface area contributed by atoms with Crippen molar-refractivity contribution in [2.75, 3.05) is 31.8 Å². The molecule has 3 amide bonds. The molecule has 0 saturated carbocycles. The quantitative estimate of drug-likeness (QED) is 0.718. The van der Waals surface area contributed by atoms with Gasteiger partial charge < -0.3 is 20.3 Å². The Balaban J connectivity index is 1.61. The van der Waals surface area contributed by atoms with Crippen molar-refractivity contribution < 1.29 is 19.1 Å². The third-order valence-electron chi connectivity index (χ3n) is 5.44. The molecule has 7 nitrogen and oxygen atoms in total. The Kier molecular flexibility index (Phi) is 5.78. The Morgan fingerprint density at radius 2 is 1.93 bits per heavy atom. The first-order valence-electron chi connectivity index (χ1n) is 9.68. The maximum Gasteiger partial charge on any atom is 0.256 e. The van der Waals surface area contributed by atoms with Gasteiger partial charge in [0.15, 0.2) is 0 Å². The summed E-state index contributed by atoms with van der Waals surface area (Å²) in [5.41, 5.74) is 2.89. The fourth-order valence-electron chi connectivity index (χ4n) is 3.98. The molecule has 0 bridgehead atoms. The smallest absolute Gasteiger partial charge is 0.256 e. The molecule has 2 atom stereocenters. The highest BCUT2D eigenvalue weighted by molar-refractivity contribution is 7.98. The van der Waals surface area contributed by atoms with Gasteiger partial charge in [-0.15, -0.1) is 11.8 Å². The van der Waals surface area contributed by atoms with E-state index in [1.165, 1.54) is 12.0 Å². The number of benzene rings is 2. The highest BCUT2D eigenvalue weighted by Gasteiger charge is 2.43. The first kappa shape index (κ1) is 20.4. The van der Waals surface area contributed by atoms with Crippen LogP contribution in [0, 0.1) is 0 Å². The predicted molar refractivity (Wildman–Crippen MR) is 116 cm³/mol. The molecule has 0 unspecified atom stereocenters. The van der Waals surface area contributed by atoms with Crippen LogP contribution >= 0.6 is 11.8 Å². The summed E-state index contributed by atoms with van der Waals surface area (Å²) in [6, 6.07) is 12.7. The van der Waals surface area contributed by atoms with E-state index in [0.29, 0.717) is 24.2 Å². The second-order valence-corrected chi connectivity index (χ2v) is 8.26. The number of methoxy groups -OCH3 is 1. The fourth-order valence-corrected chi connectivity index (χ4v) is 4.39. The lowest BCUT2D eigenvalue weighted by Gasteiger charge is -2.20. The lowest BCUT2D eigenvalue weighted by molar-refractivity contribution is -0.125. The van der Waals surface area contributed by atoms with E-state index in [9.17, 15) is 14.4 Å². The molecule has 2 aromatic carbocycles. The van der Waals surface area contributed by atoms with E-state index < -0.39 is 6.04 Å². The third kappa shape index (κ3) is 3.93. The highest BCUT2D eigenvalue weighted by Crippen LogP contribution is 2.32.